The predicted molar refractivity (Wildman–Crippen MR) is 64.8 cm³/mol. The van der Waals surface area contributed by atoms with Gasteiger partial charge in [0.1, 0.15) is 0 Å². The molecular formula is C14H20O. The Hall–Kier alpha value is -1.11. The van der Waals surface area contributed by atoms with Crippen LogP contribution >= 0.6 is 0 Å². The van der Waals surface area contributed by atoms with Crippen LogP contribution in [0.4, 0.5) is 0 Å². The standard InChI is InChI=1S/C14H20O/c1-7-13-10(4)8(2)9(3)11(5)14(13)12(6)15/h7H2,1-6H3. The van der Waals surface area contributed by atoms with Crippen molar-refractivity contribution in [3.8, 4) is 0 Å². The highest BCUT2D eigenvalue weighted by atomic mass is 16.1. The Morgan fingerprint density at radius 2 is 1.40 bits per heavy atom. The van der Waals surface area contributed by atoms with E-state index in [0.29, 0.717) is 0 Å². The van der Waals surface area contributed by atoms with Gasteiger partial charge in [-0.05, 0) is 68.9 Å². The highest BCUT2D eigenvalue weighted by Crippen LogP contribution is 2.27. The summed E-state index contributed by atoms with van der Waals surface area (Å²) in [6.45, 7) is 12.2. The number of hydrogen-bond acceptors (Lipinski definition) is 1. The van der Waals surface area contributed by atoms with E-state index in [2.05, 4.69) is 34.6 Å². The first-order valence-corrected chi connectivity index (χ1v) is 5.51. The van der Waals surface area contributed by atoms with Crippen molar-refractivity contribution in [3.63, 3.8) is 0 Å². The molecule has 0 saturated heterocycles. The minimum absolute atomic E-state index is 0.190. The first kappa shape index (κ1) is 12.0. The predicted octanol–water partition coefficient (Wildman–Crippen LogP) is 3.69. The maximum atomic E-state index is 11.7. The van der Waals surface area contributed by atoms with Crippen molar-refractivity contribution in [2.75, 3.05) is 0 Å². The van der Waals surface area contributed by atoms with Gasteiger partial charge in [0.2, 0.25) is 0 Å². The van der Waals surface area contributed by atoms with E-state index < -0.39 is 0 Å². The van der Waals surface area contributed by atoms with Gasteiger partial charge >= 0.3 is 0 Å². The molecule has 0 aliphatic heterocycles. The van der Waals surface area contributed by atoms with E-state index in [4.69, 9.17) is 0 Å². The average molecular weight is 204 g/mol. The molecule has 0 radical (unpaired) electrons. The van der Waals surface area contributed by atoms with Crippen LogP contribution in [0.1, 0.15) is 52.0 Å². The molecule has 0 saturated carbocycles. The summed E-state index contributed by atoms with van der Waals surface area (Å²) in [6, 6.07) is 0. The van der Waals surface area contributed by atoms with Gasteiger partial charge in [0.15, 0.2) is 5.78 Å². The fourth-order valence-corrected chi connectivity index (χ4v) is 2.31. The zero-order valence-corrected chi connectivity index (χ0v) is 10.6. The van der Waals surface area contributed by atoms with E-state index in [1.807, 2.05) is 0 Å². The summed E-state index contributed by atoms with van der Waals surface area (Å²) < 4.78 is 0. The van der Waals surface area contributed by atoms with Crippen molar-refractivity contribution >= 4 is 5.78 Å². The van der Waals surface area contributed by atoms with Crippen LogP contribution in [0.3, 0.4) is 0 Å². The van der Waals surface area contributed by atoms with Crippen LogP contribution in [-0.4, -0.2) is 5.78 Å². The highest BCUT2D eigenvalue weighted by molar-refractivity contribution is 5.98. The minimum Gasteiger partial charge on any atom is -0.294 e. The van der Waals surface area contributed by atoms with E-state index in [9.17, 15) is 4.79 Å². The number of carbonyl (C=O) groups excluding carboxylic acids is 1. The van der Waals surface area contributed by atoms with Crippen LogP contribution in [0.15, 0.2) is 0 Å². The van der Waals surface area contributed by atoms with Gasteiger partial charge in [-0.2, -0.15) is 0 Å². The Morgan fingerprint density at radius 1 is 0.933 bits per heavy atom. The van der Waals surface area contributed by atoms with Crippen LogP contribution in [0.2, 0.25) is 0 Å². The second kappa shape index (κ2) is 4.18. The van der Waals surface area contributed by atoms with Crippen LogP contribution < -0.4 is 0 Å². The van der Waals surface area contributed by atoms with Crippen molar-refractivity contribution in [1.29, 1.82) is 0 Å². The molecule has 0 aliphatic rings. The topological polar surface area (TPSA) is 17.1 Å². The third-order valence-corrected chi connectivity index (χ3v) is 3.52. The summed E-state index contributed by atoms with van der Waals surface area (Å²) in [6.07, 6.45) is 0.933. The molecular weight excluding hydrogens is 184 g/mol. The monoisotopic (exact) mass is 204 g/mol. The third-order valence-electron chi connectivity index (χ3n) is 3.52. The summed E-state index contributed by atoms with van der Waals surface area (Å²) in [5, 5.41) is 0. The molecule has 82 valence electrons. The Labute approximate surface area is 92.5 Å². The Kier molecular flexibility index (Phi) is 3.33. The lowest BCUT2D eigenvalue weighted by atomic mass is 9.86. The molecule has 1 aromatic rings. The number of carbonyl (C=O) groups is 1. The number of hydrogen-bond donors (Lipinski definition) is 0. The molecule has 1 aromatic carbocycles. The van der Waals surface area contributed by atoms with Crippen LogP contribution in [-0.2, 0) is 6.42 Å². The summed E-state index contributed by atoms with van der Waals surface area (Å²) in [5.74, 6) is 0.190. The van der Waals surface area contributed by atoms with Crippen molar-refractivity contribution in [2.45, 2.75) is 48.0 Å². The molecule has 0 heterocycles. The van der Waals surface area contributed by atoms with Crippen LogP contribution in [0.5, 0.6) is 0 Å². The maximum Gasteiger partial charge on any atom is 0.160 e. The second-order valence-electron chi connectivity index (χ2n) is 4.26. The van der Waals surface area contributed by atoms with Crippen molar-refractivity contribution in [2.24, 2.45) is 0 Å². The van der Waals surface area contributed by atoms with Crippen molar-refractivity contribution < 1.29 is 4.79 Å². The normalized spacial score (nSPS) is 10.5. The fourth-order valence-electron chi connectivity index (χ4n) is 2.31. The van der Waals surface area contributed by atoms with Gasteiger partial charge in [-0.1, -0.05) is 6.92 Å². The Bertz CT molecular complexity index is 414. The lowest BCUT2D eigenvalue weighted by Crippen LogP contribution is -2.08. The average Bonchev–Trinajstić information content (AvgIpc) is 2.19. The van der Waals surface area contributed by atoms with Gasteiger partial charge in [0.25, 0.3) is 0 Å². The molecule has 0 bridgehead atoms. The van der Waals surface area contributed by atoms with E-state index >= 15 is 0 Å². The molecule has 0 spiro atoms. The maximum absolute atomic E-state index is 11.7. The lowest BCUT2D eigenvalue weighted by Gasteiger charge is -2.18. The van der Waals surface area contributed by atoms with Crippen LogP contribution in [0.25, 0.3) is 0 Å². The van der Waals surface area contributed by atoms with Crippen LogP contribution in [0, 0.1) is 27.7 Å². The van der Waals surface area contributed by atoms with E-state index in [1.54, 1.807) is 6.92 Å². The van der Waals surface area contributed by atoms with E-state index in [-0.39, 0.29) is 5.78 Å². The lowest BCUT2D eigenvalue weighted by molar-refractivity contribution is 0.101. The molecule has 1 rings (SSSR count). The third kappa shape index (κ3) is 1.83. The SMILES string of the molecule is CCc1c(C)c(C)c(C)c(C)c1C(C)=O. The van der Waals surface area contributed by atoms with Gasteiger partial charge < -0.3 is 0 Å². The quantitative estimate of drug-likeness (QED) is 0.671. The molecule has 15 heavy (non-hydrogen) atoms. The molecule has 0 aromatic heterocycles. The van der Waals surface area contributed by atoms with Gasteiger partial charge in [-0.15, -0.1) is 0 Å². The molecule has 0 amide bonds. The first-order chi connectivity index (χ1) is 6.91. The first-order valence-electron chi connectivity index (χ1n) is 5.51. The van der Waals surface area contributed by atoms with E-state index in [0.717, 1.165) is 17.5 Å². The fraction of sp³-hybridized carbons (Fsp3) is 0.500. The molecule has 1 heteroatoms. The van der Waals surface area contributed by atoms with Gasteiger partial charge in [0, 0.05) is 5.56 Å². The molecule has 0 fully saturated rings. The second-order valence-corrected chi connectivity index (χ2v) is 4.26. The summed E-state index contributed by atoms with van der Waals surface area (Å²) >= 11 is 0. The number of ketones is 1. The van der Waals surface area contributed by atoms with Gasteiger partial charge in [-0.3, -0.25) is 4.79 Å². The Balaban J connectivity index is 3.70. The summed E-state index contributed by atoms with van der Waals surface area (Å²) in [7, 11) is 0. The molecule has 0 unspecified atom stereocenters. The summed E-state index contributed by atoms with van der Waals surface area (Å²) in [4.78, 5) is 11.7. The number of rotatable bonds is 2. The zero-order valence-electron chi connectivity index (χ0n) is 10.6. The molecule has 0 N–H and O–H groups in total. The summed E-state index contributed by atoms with van der Waals surface area (Å²) in [5.41, 5.74) is 7.19. The van der Waals surface area contributed by atoms with Crippen molar-refractivity contribution in [3.05, 3.63) is 33.4 Å². The minimum atomic E-state index is 0.190. The molecule has 1 nitrogen and oxygen atoms in total. The molecule has 0 aliphatic carbocycles. The number of Topliss-reactive ketones (excluding diaryl/α,β-unsaturated/α-hetero) is 1. The highest BCUT2D eigenvalue weighted by Gasteiger charge is 2.16. The largest absolute Gasteiger partial charge is 0.294 e. The van der Waals surface area contributed by atoms with Gasteiger partial charge in [-0.25, -0.2) is 0 Å². The van der Waals surface area contributed by atoms with Crippen molar-refractivity contribution in [1.82, 2.24) is 0 Å². The number of benzene rings is 1. The Morgan fingerprint density at radius 3 is 1.80 bits per heavy atom. The van der Waals surface area contributed by atoms with E-state index in [1.165, 1.54) is 22.3 Å². The zero-order chi connectivity index (χ0) is 11.7. The van der Waals surface area contributed by atoms with Gasteiger partial charge in [0.05, 0.1) is 0 Å². The molecule has 0 atom stereocenters. The smallest absolute Gasteiger partial charge is 0.160 e.